The van der Waals surface area contributed by atoms with Gasteiger partial charge >= 0.3 is 0 Å². The Labute approximate surface area is 144 Å². The van der Waals surface area contributed by atoms with Crippen molar-refractivity contribution in [2.24, 2.45) is 5.92 Å². The van der Waals surface area contributed by atoms with Gasteiger partial charge in [-0.25, -0.2) is 4.98 Å². The van der Waals surface area contributed by atoms with E-state index >= 15 is 0 Å². The van der Waals surface area contributed by atoms with Crippen LogP contribution < -0.4 is 5.32 Å². The van der Waals surface area contributed by atoms with Crippen LogP contribution in [0.2, 0.25) is 0 Å². The van der Waals surface area contributed by atoms with Crippen LogP contribution in [0.4, 0.5) is 5.82 Å². The van der Waals surface area contributed by atoms with Crippen molar-refractivity contribution in [1.82, 2.24) is 14.8 Å². The van der Waals surface area contributed by atoms with E-state index in [1.165, 1.54) is 12.0 Å². The van der Waals surface area contributed by atoms with E-state index in [-0.39, 0.29) is 5.91 Å². The third-order valence-electron chi connectivity index (χ3n) is 4.86. The minimum atomic E-state index is 0.267. The standard InChI is InChI=1S/C18H28N4O2/c1-15-2-3-17(19-12-15)20-13-16-4-6-21(14-16)7-5-18(23)22-8-10-24-11-9-22/h2-3,12,16H,4-11,13-14H2,1H3,(H,19,20)/t16-/m1/s1. The third kappa shape index (κ3) is 4.92. The summed E-state index contributed by atoms with van der Waals surface area (Å²) in [5, 5.41) is 3.42. The van der Waals surface area contributed by atoms with Gasteiger partial charge < -0.3 is 19.9 Å². The summed E-state index contributed by atoms with van der Waals surface area (Å²) in [5.74, 6) is 1.84. The Morgan fingerprint density at radius 3 is 2.92 bits per heavy atom. The van der Waals surface area contributed by atoms with Crippen molar-refractivity contribution >= 4 is 11.7 Å². The summed E-state index contributed by atoms with van der Waals surface area (Å²) in [4.78, 5) is 20.9. The van der Waals surface area contributed by atoms with Gasteiger partial charge in [0.1, 0.15) is 5.82 Å². The lowest BCUT2D eigenvalue weighted by atomic mass is 10.1. The van der Waals surface area contributed by atoms with Crippen LogP contribution in [0.3, 0.4) is 0 Å². The van der Waals surface area contributed by atoms with Crippen molar-refractivity contribution in [3.05, 3.63) is 23.9 Å². The van der Waals surface area contributed by atoms with Gasteiger partial charge in [-0.3, -0.25) is 4.79 Å². The molecule has 0 radical (unpaired) electrons. The first-order valence-corrected chi connectivity index (χ1v) is 8.95. The third-order valence-corrected chi connectivity index (χ3v) is 4.86. The summed E-state index contributed by atoms with van der Waals surface area (Å²) in [6, 6.07) is 4.11. The largest absolute Gasteiger partial charge is 0.378 e. The molecule has 1 aromatic heterocycles. The summed E-state index contributed by atoms with van der Waals surface area (Å²) in [6.07, 6.45) is 3.70. The summed E-state index contributed by atoms with van der Waals surface area (Å²) in [7, 11) is 0. The highest BCUT2D eigenvalue weighted by Gasteiger charge is 2.24. The fourth-order valence-electron chi connectivity index (χ4n) is 3.33. The Kier molecular flexibility index (Phi) is 6.04. The molecule has 3 rings (SSSR count). The zero-order chi connectivity index (χ0) is 16.8. The van der Waals surface area contributed by atoms with Crippen LogP contribution in [0.5, 0.6) is 0 Å². The number of likely N-dealkylation sites (tertiary alicyclic amines) is 1. The molecule has 2 fully saturated rings. The van der Waals surface area contributed by atoms with Crippen LogP contribution in [0.1, 0.15) is 18.4 Å². The predicted molar refractivity (Wildman–Crippen MR) is 94.0 cm³/mol. The Balaban J connectivity index is 1.34. The zero-order valence-electron chi connectivity index (χ0n) is 14.5. The number of carbonyl (C=O) groups excluding carboxylic acids is 1. The summed E-state index contributed by atoms with van der Waals surface area (Å²) < 4.78 is 5.30. The van der Waals surface area contributed by atoms with Gasteiger partial charge in [0.25, 0.3) is 0 Å². The first kappa shape index (κ1) is 17.2. The fourth-order valence-corrected chi connectivity index (χ4v) is 3.33. The fraction of sp³-hybridized carbons (Fsp3) is 0.667. The van der Waals surface area contributed by atoms with Gasteiger partial charge in [0, 0.05) is 45.3 Å². The highest BCUT2D eigenvalue weighted by atomic mass is 16.5. The van der Waals surface area contributed by atoms with Crippen LogP contribution in [-0.2, 0) is 9.53 Å². The minimum absolute atomic E-state index is 0.267. The van der Waals surface area contributed by atoms with Crippen LogP contribution in [0.25, 0.3) is 0 Å². The number of anilines is 1. The quantitative estimate of drug-likeness (QED) is 0.853. The molecule has 1 N–H and O–H groups in total. The molecule has 0 unspecified atom stereocenters. The molecule has 2 aliphatic rings. The molecule has 6 nitrogen and oxygen atoms in total. The second-order valence-corrected chi connectivity index (χ2v) is 6.80. The minimum Gasteiger partial charge on any atom is -0.378 e. The van der Waals surface area contributed by atoms with Crippen molar-refractivity contribution in [1.29, 1.82) is 0 Å². The first-order valence-electron chi connectivity index (χ1n) is 8.95. The smallest absolute Gasteiger partial charge is 0.224 e. The van der Waals surface area contributed by atoms with E-state index in [0.29, 0.717) is 25.6 Å². The van der Waals surface area contributed by atoms with Crippen molar-refractivity contribution in [2.75, 3.05) is 57.8 Å². The SMILES string of the molecule is Cc1ccc(NC[C@H]2CCN(CCC(=O)N3CCOCC3)C2)nc1. The lowest BCUT2D eigenvalue weighted by Crippen LogP contribution is -2.41. The zero-order valence-corrected chi connectivity index (χ0v) is 14.5. The lowest BCUT2D eigenvalue weighted by Gasteiger charge is -2.27. The Morgan fingerprint density at radius 1 is 1.33 bits per heavy atom. The molecule has 1 atom stereocenters. The van der Waals surface area contributed by atoms with Gasteiger partial charge in [0.05, 0.1) is 13.2 Å². The van der Waals surface area contributed by atoms with Gasteiger partial charge in [0.2, 0.25) is 5.91 Å². The van der Waals surface area contributed by atoms with Gasteiger partial charge in [0.15, 0.2) is 0 Å². The average Bonchev–Trinajstić information content (AvgIpc) is 3.08. The molecule has 2 aliphatic heterocycles. The molecule has 0 aromatic carbocycles. The van der Waals surface area contributed by atoms with E-state index in [4.69, 9.17) is 4.74 Å². The van der Waals surface area contributed by atoms with Crippen LogP contribution in [0.15, 0.2) is 18.3 Å². The number of amides is 1. The summed E-state index contributed by atoms with van der Waals surface area (Å²) in [6.45, 7) is 8.86. The molecule has 0 aliphatic carbocycles. The topological polar surface area (TPSA) is 57.7 Å². The number of hydrogen-bond donors (Lipinski definition) is 1. The number of nitrogens with one attached hydrogen (secondary N) is 1. The van der Waals surface area contributed by atoms with Gasteiger partial charge in [-0.15, -0.1) is 0 Å². The first-order chi connectivity index (χ1) is 11.7. The molecule has 1 amide bonds. The highest BCUT2D eigenvalue weighted by Crippen LogP contribution is 2.17. The number of ether oxygens (including phenoxy) is 1. The monoisotopic (exact) mass is 332 g/mol. The number of nitrogens with zero attached hydrogens (tertiary/aromatic N) is 3. The second kappa shape index (κ2) is 8.44. The number of hydrogen-bond acceptors (Lipinski definition) is 5. The predicted octanol–water partition coefficient (Wildman–Crippen LogP) is 1.37. The molecule has 3 heterocycles. The van der Waals surface area contributed by atoms with E-state index in [0.717, 1.165) is 45.1 Å². The van der Waals surface area contributed by atoms with Crippen molar-refractivity contribution in [3.63, 3.8) is 0 Å². The number of pyridine rings is 1. The van der Waals surface area contributed by atoms with Crippen molar-refractivity contribution in [2.45, 2.75) is 19.8 Å². The molecule has 0 bridgehead atoms. The molecule has 6 heteroatoms. The van der Waals surface area contributed by atoms with E-state index in [9.17, 15) is 4.79 Å². The molecule has 0 spiro atoms. The Hall–Kier alpha value is -1.66. The van der Waals surface area contributed by atoms with Crippen LogP contribution >= 0.6 is 0 Å². The van der Waals surface area contributed by atoms with Gasteiger partial charge in [-0.2, -0.15) is 0 Å². The van der Waals surface area contributed by atoms with E-state index in [2.05, 4.69) is 21.3 Å². The van der Waals surface area contributed by atoms with E-state index < -0.39 is 0 Å². The van der Waals surface area contributed by atoms with E-state index in [1.807, 2.05) is 24.1 Å². The average molecular weight is 332 g/mol. The van der Waals surface area contributed by atoms with Crippen molar-refractivity contribution in [3.8, 4) is 0 Å². The molecule has 1 aromatic rings. The van der Waals surface area contributed by atoms with Crippen molar-refractivity contribution < 1.29 is 9.53 Å². The molecule has 0 saturated carbocycles. The van der Waals surface area contributed by atoms with Crippen LogP contribution in [-0.4, -0.2) is 73.2 Å². The number of carbonyl (C=O) groups is 1. The maximum Gasteiger partial charge on any atom is 0.224 e. The summed E-state index contributed by atoms with van der Waals surface area (Å²) >= 11 is 0. The number of morpholine rings is 1. The normalized spacial score (nSPS) is 21.9. The number of rotatable bonds is 6. The molecular weight excluding hydrogens is 304 g/mol. The van der Waals surface area contributed by atoms with E-state index in [1.54, 1.807) is 0 Å². The highest BCUT2D eigenvalue weighted by molar-refractivity contribution is 5.76. The summed E-state index contributed by atoms with van der Waals surface area (Å²) in [5.41, 5.74) is 1.18. The Bertz CT molecular complexity index is 528. The lowest BCUT2D eigenvalue weighted by molar-refractivity contribution is -0.135. The molecular formula is C18H28N4O2. The number of aryl methyl sites for hydroxylation is 1. The maximum atomic E-state index is 12.2. The Morgan fingerprint density at radius 2 is 2.17 bits per heavy atom. The van der Waals surface area contributed by atoms with Gasteiger partial charge in [-0.05, 0) is 37.4 Å². The second-order valence-electron chi connectivity index (χ2n) is 6.80. The maximum absolute atomic E-state index is 12.2. The molecule has 132 valence electrons. The molecule has 24 heavy (non-hydrogen) atoms. The van der Waals surface area contributed by atoms with Gasteiger partial charge in [-0.1, -0.05) is 6.07 Å². The molecule has 2 saturated heterocycles. The van der Waals surface area contributed by atoms with Crippen LogP contribution in [0, 0.1) is 12.8 Å². The number of aromatic nitrogens is 1.